The molecule has 0 N–H and O–H groups in total. The Balaban J connectivity index is 1.67. The first-order chi connectivity index (χ1) is 13.9. The number of ether oxygens (including phenoxy) is 2. The summed E-state index contributed by atoms with van der Waals surface area (Å²) < 4.78 is 11.4. The maximum atomic E-state index is 12.9. The molecule has 0 aromatic heterocycles. The number of amides is 1. The van der Waals surface area contributed by atoms with E-state index in [9.17, 15) is 4.79 Å². The molecule has 0 aliphatic carbocycles. The fourth-order valence-corrected chi connectivity index (χ4v) is 3.69. The van der Waals surface area contributed by atoms with Gasteiger partial charge in [0.1, 0.15) is 5.75 Å². The average Bonchev–Trinajstić information content (AvgIpc) is 3.20. The third kappa shape index (κ3) is 6.26. The van der Waals surface area contributed by atoms with E-state index >= 15 is 0 Å². The lowest BCUT2D eigenvalue weighted by atomic mass is 10.1. The van der Waals surface area contributed by atoms with Gasteiger partial charge in [-0.1, -0.05) is 35.3 Å². The van der Waals surface area contributed by atoms with Crippen molar-refractivity contribution in [2.75, 3.05) is 38.8 Å². The molecule has 29 heavy (non-hydrogen) atoms. The number of carbonyl (C=O) groups excluding carboxylic acids is 1. The molecule has 1 aliphatic heterocycles. The highest BCUT2D eigenvalue weighted by Crippen LogP contribution is 2.27. The first-order valence-electron chi connectivity index (χ1n) is 9.66. The van der Waals surface area contributed by atoms with Crippen LogP contribution in [0.4, 0.5) is 5.69 Å². The fourth-order valence-electron chi connectivity index (χ4n) is 3.23. The van der Waals surface area contributed by atoms with Crippen molar-refractivity contribution in [3.63, 3.8) is 0 Å². The number of halogens is 2. The van der Waals surface area contributed by atoms with Crippen LogP contribution in [0.2, 0.25) is 10.0 Å². The zero-order valence-corrected chi connectivity index (χ0v) is 18.2. The first-order valence-corrected chi connectivity index (χ1v) is 10.4. The Bertz CT molecular complexity index is 821. The van der Waals surface area contributed by atoms with Crippen LogP contribution in [0.3, 0.4) is 0 Å². The molecule has 0 saturated carbocycles. The predicted octanol–water partition coefficient (Wildman–Crippen LogP) is 4.65. The second-order valence-electron chi connectivity index (χ2n) is 7.33. The molecule has 1 heterocycles. The Morgan fingerprint density at radius 1 is 1.17 bits per heavy atom. The van der Waals surface area contributed by atoms with Gasteiger partial charge >= 0.3 is 0 Å². The topological polar surface area (TPSA) is 42.0 Å². The van der Waals surface area contributed by atoms with Gasteiger partial charge in [-0.05, 0) is 48.7 Å². The summed E-state index contributed by atoms with van der Waals surface area (Å²) >= 11 is 12.1. The minimum Gasteiger partial charge on any atom is -0.482 e. The molecule has 1 aliphatic rings. The number of carbonyl (C=O) groups is 1. The third-order valence-electron chi connectivity index (χ3n) is 4.87. The maximum absolute atomic E-state index is 12.9. The van der Waals surface area contributed by atoms with E-state index < -0.39 is 0 Å². The van der Waals surface area contributed by atoms with Crippen molar-refractivity contribution in [2.24, 2.45) is 0 Å². The Hall–Kier alpha value is -1.95. The van der Waals surface area contributed by atoms with Gasteiger partial charge in [0.2, 0.25) is 0 Å². The van der Waals surface area contributed by atoms with Gasteiger partial charge in [0.25, 0.3) is 5.91 Å². The first kappa shape index (κ1) is 21.8. The van der Waals surface area contributed by atoms with Crippen LogP contribution in [-0.2, 0) is 16.1 Å². The minimum atomic E-state index is -0.108. The van der Waals surface area contributed by atoms with Crippen molar-refractivity contribution < 1.29 is 14.3 Å². The summed E-state index contributed by atoms with van der Waals surface area (Å²) in [5, 5.41) is 0.908. The SMILES string of the molecule is CN(C)c1ccc(CN(CC2CCCO2)C(=O)COc2ccc(Cl)cc2Cl)cc1. The molecule has 1 amide bonds. The third-order valence-corrected chi connectivity index (χ3v) is 5.40. The number of anilines is 1. The summed E-state index contributed by atoms with van der Waals surface area (Å²) in [6.07, 6.45) is 2.06. The molecule has 0 spiro atoms. The quantitative estimate of drug-likeness (QED) is 0.603. The lowest BCUT2D eigenvalue weighted by molar-refractivity contribution is -0.135. The van der Waals surface area contributed by atoms with Gasteiger partial charge in [0.15, 0.2) is 6.61 Å². The second-order valence-corrected chi connectivity index (χ2v) is 8.18. The molecule has 156 valence electrons. The van der Waals surface area contributed by atoms with E-state index in [4.69, 9.17) is 32.7 Å². The van der Waals surface area contributed by atoms with Crippen LogP contribution in [-0.4, -0.2) is 50.8 Å². The van der Waals surface area contributed by atoms with Crippen molar-refractivity contribution in [3.05, 3.63) is 58.1 Å². The molecule has 7 heteroatoms. The maximum Gasteiger partial charge on any atom is 0.260 e. The Labute approximate surface area is 182 Å². The monoisotopic (exact) mass is 436 g/mol. The number of benzene rings is 2. The van der Waals surface area contributed by atoms with E-state index in [0.717, 1.165) is 30.7 Å². The molecule has 0 bridgehead atoms. The normalized spacial score (nSPS) is 15.9. The van der Waals surface area contributed by atoms with Crippen molar-refractivity contribution in [1.29, 1.82) is 0 Å². The molecule has 5 nitrogen and oxygen atoms in total. The van der Waals surface area contributed by atoms with E-state index in [1.807, 2.05) is 43.3 Å². The Morgan fingerprint density at radius 2 is 1.93 bits per heavy atom. The summed E-state index contributed by atoms with van der Waals surface area (Å²) in [6, 6.07) is 13.1. The van der Waals surface area contributed by atoms with E-state index in [-0.39, 0.29) is 18.6 Å². The Morgan fingerprint density at radius 3 is 2.55 bits per heavy atom. The highest BCUT2D eigenvalue weighted by atomic mass is 35.5. The van der Waals surface area contributed by atoms with Crippen LogP contribution < -0.4 is 9.64 Å². The molecular formula is C22H26Cl2N2O3. The summed E-state index contributed by atoms with van der Waals surface area (Å²) in [5.41, 5.74) is 2.18. The molecule has 1 fully saturated rings. The van der Waals surface area contributed by atoms with Crippen LogP contribution in [0.15, 0.2) is 42.5 Å². The van der Waals surface area contributed by atoms with E-state index in [1.54, 1.807) is 23.1 Å². The van der Waals surface area contributed by atoms with Gasteiger partial charge in [0.05, 0.1) is 11.1 Å². The van der Waals surface area contributed by atoms with E-state index in [1.165, 1.54) is 0 Å². The van der Waals surface area contributed by atoms with E-state index in [2.05, 4.69) is 0 Å². The van der Waals surface area contributed by atoms with Gasteiger partial charge in [-0.25, -0.2) is 0 Å². The smallest absolute Gasteiger partial charge is 0.260 e. The fraction of sp³-hybridized carbons (Fsp3) is 0.409. The number of hydrogen-bond acceptors (Lipinski definition) is 4. The van der Waals surface area contributed by atoms with Crippen LogP contribution in [0.25, 0.3) is 0 Å². The molecule has 0 radical (unpaired) electrons. The van der Waals surface area contributed by atoms with Crippen molar-refractivity contribution in [2.45, 2.75) is 25.5 Å². The molecule has 1 unspecified atom stereocenters. The molecule has 2 aromatic rings. The number of rotatable bonds is 8. The van der Waals surface area contributed by atoms with Crippen LogP contribution >= 0.6 is 23.2 Å². The number of nitrogens with zero attached hydrogens (tertiary/aromatic N) is 2. The summed E-state index contributed by atoms with van der Waals surface area (Å²) in [7, 11) is 4.00. The van der Waals surface area contributed by atoms with Crippen molar-refractivity contribution in [3.8, 4) is 5.75 Å². The van der Waals surface area contributed by atoms with Crippen LogP contribution in [0.5, 0.6) is 5.75 Å². The largest absolute Gasteiger partial charge is 0.482 e. The molecular weight excluding hydrogens is 411 g/mol. The number of hydrogen-bond donors (Lipinski definition) is 0. The van der Waals surface area contributed by atoms with Crippen molar-refractivity contribution in [1.82, 2.24) is 4.90 Å². The van der Waals surface area contributed by atoms with Crippen LogP contribution in [0, 0.1) is 0 Å². The molecule has 1 atom stereocenters. The molecule has 1 saturated heterocycles. The van der Waals surface area contributed by atoms with Gasteiger partial charge in [-0.15, -0.1) is 0 Å². The van der Waals surface area contributed by atoms with Gasteiger partial charge < -0.3 is 19.3 Å². The Kier molecular flexibility index (Phi) is 7.64. The van der Waals surface area contributed by atoms with Crippen molar-refractivity contribution >= 4 is 34.8 Å². The average molecular weight is 437 g/mol. The summed E-state index contributed by atoms with van der Waals surface area (Å²) in [5.74, 6) is 0.333. The van der Waals surface area contributed by atoms with Gasteiger partial charge in [0, 0.05) is 44.5 Å². The highest BCUT2D eigenvalue weighted by molar-refractivity contribution is 6.35. The van der Waals surface area contributed by atoms with Gasteiger partial charge in [-0.2, -0.15) is 0 Å². The van der Waals surface area contributed by atoms with E-state index in [0.29, 0.717) is 28.9 Å². The lowest BCUT2D eigenvalue weighted by Crippen LogP contribution is -2.39. The second kappa shape index (κ2) is 10.2. The zero-order valence-electron chi connectivity index (χ0n) is 16.7. The predicted molar refractivity (Wildman–Crippen MR) is 117 cm³/mol. The molecule has 2 aromatic carbocycles. The minimum absolute atomic E-state index is 0.0686. The summed E-state index contributed by atoms with van der Waals surface area (Å²) in [6.45, 7) is 1.71. The highest BCUT2D eigenvalue weighted by Gasteiger charge is 2.23. The lowest BCUT2D eigenvalue weighted by Gasteiger charge is -2.26. The zero-order chi connectivity index (χ0) is 20.8. The van der Waals surface area contributed by atoms with Crippen LogP contribution in [0.1, 0.15) is 18.4 Å². The molecule has 3 rings (SSSR count). The summed E-state index contributed by atoms with van der Waals surface area (Å²) in [4.78, 5) is 16.8. The van der Waals surface area contributed by atoms with Gasteiger partial charge in [-0.3, -0.25) is 4.79 Å². The standard InChI is InChI=1S/C22H26Cl2N2O3/c1-25(2)18-8-5-16(6-9-18)13-26(14-19-4-3-11-28-19)22(27)15-29-21-10-7-17(23)12-20(21)24/h5-10,12,19H,3-4,11,13-15H2,1-2H3.